The maximum atomic E-state index is 14.3. The van der Waals surface area contributed by atoms with Crippen LogP contribution >= 0.6 is 21.6 Å². The van der Waals surface area contributed by atoms with Crippen molar-refractivity contribution in [1.29, 1.82) is 0 Å². The van der Waals surface area contributed by atoms with E-state index in [0.717, 1.165) is 9.93 Å². The van der Waals surface area contributed by atoms with E-state index >= 15 is 0 Å². The van der Waals surface area contributed by atoms with Crippen molar-refractivity contribution >= 4 is 75.1 Å². The third-order valence-electron chi connectivity index (χ3n) is 14.5. The molecule has 1 aliphatic rings. The summed E-state index contributed by atoms with van der Waals surface area (Å²) >= 11 is 0. The first-order chi connectivity index (χ1) is 42.0. The highest BCUT2D eigenvalue weighted by Gasteiger charge is 2.38. The van der Waals surface area contributed by atoms with E-state index in [0.29, 0.717) is 88.8 Å². The topological polar surface area (TPSA) is 289 Å². The van der Waals surface area contributed by atoms with Crippen LogP contribution in [0.1, 0.15) is 113 Å². The fourth-order valence-corrected chi connectivity index (χ4v) is 10.8. The summed E-state index contributed by atoms with van der Waals surface area (Å²) in [5.41, 5.74) is 1.37. The van der Waals surface area contributed by atoms with Gasteiger partial charge in [0.1, 0.15) is 41.4 Å². The summed E-state index contributed by atoms with van der Waals surface area (Å²) in [4.78, 5) is 131. The molecule has 3 rings (SSSR count). The molecule has 9 atom stereocenters. The third-order valence-corrected chi connectivity index (χ3v) is 16.8. The van der Waals surface area contributed by atoms with Gasteiger partial charge in [0.25, 0.3) is 5.91 Å². The van der Waals surface area contributed by atoms with Crippen LogP contribution in [0.3, 0.4) is 0 Å². The predicted molar refractivity (Wildman–Crippen MR) is 337 cm³/mol. The van der Waals surface area contributed by atoms with Crippen molar-refractivity contribution in [3.05, 3.63) is 83.6 Å². The molecule has 5 N–H and O–H groups in total. The number of carbonyl (C=O) groups is 9. The minimum atomic E-state index is -1.34. The molecular weight excluding hydrogens is 1170 g/mol. The van der Waals surface area contributed by atoms with E-state index in [1.54, 1.807) is 85.8 Å². The number of likely N-dealkylation sites (N-methyl/N-ethyl adjacent to an activating group) is 2. The van der Waals surface area contributed by atoms with Gasteiger partial charge in [0, 0.05) is 83.1 Å². The molecule has 490 valence electrons. The average Bonchev–Trinajstić information content (AvgIpc) is 3.48. The van der Waals surface area contributed by atoms with Crippen LogP contribution in [-0.4, -0.2) is 190 Å². The minimum Gasteiger partial charge on any atom is -0.456 e. The number of amides is 7. The Bertz CT molecular complexity index is 2580. The Labute approximate surface area is 527 Å². The van der Waals surface area contributed by atoms with Crippen molar-refractivity contribution in [3.63, 3.8) is 0 Å². The molecule has 2 aromatic rings. The summed E-state index contributed by atoms with van der Waals surface area (Å²) in [6.07, 6.45) is 2.79. The molecule has 0 aliphatic carbocycles. The van der Waals surface area contributed by atoms with Crippen LogP contribution in [0.25, 0.3) is 0 Å². The smallest absolute Gasteiger partial charge is 0.407 e. The highest BCUT2D eigenvalue weighted by molar-refractivity contribution is 8.76. The van der Waals surface area contributed by atoms with Gasteiger partial charge >= 0.3 is 18.0 Å². The van der Waals surface area contributed by atoms with Crippen LogP contribution < -0.4 is 26.6 Å². The van der Waals surface area contributed by atoms with Gasteiger partial charge < -0.3 is 64.8 Å². The lowest BCUT2D eigenvalue weighted by Crippen LogP contribution is -2.57. The Morgan fingerprint density at radius 2 is 1.43 bits per heavy atom. The summed E-state index contributed by atoms with van der Waals surface area (Å²) in [6, 6.07) is 9.95. The second kappa shape index (κ2) is 41.6. The summed E-state index contributed by atoms with van der Waals surface area (Å²) in [7, 11) is 5.96. The largest absolute Gasteiger partial charge is 0.456 e. The zero-order valence-electron chi connectivity index (χ0n) is 53.4. The molecule has 88 heavy (non-hydrogen) atoms. The molecule has 1 aliphatic heterocycles. The van der Waals surface area contributed by atoms with Crippen LogP contribution in [-0.2, 0) is 73.2 Å². The van der Waals surface area contributed by atoms with Crippen molar-refractivity contribution in [2.45, 2.75) is 162 Å². The van der Waals surface area contributed by atoms with Crippen molar-refractivity contribution in [3.8, 4) is 0 Å². The van der Waals surface area contributed by atoms with E-state index in [4.69, 9.17) is 28.4 Å². The normalized spacial score (nSPS) is 23.0. The van der Waals surface area contributed by atoms with Gasteiger partial charge in [-0.2, -0.15) is 0 Å². The van der Waals surface area contributed by atoms with Crippen LogP contribution in [0.4, 0.5) is 4.79 Å². The molecule has 0 bridgehead atoms. The van der Waals surface area contributed by atoms with Crippen LogP contribution in [0.5, 0.6) is 0 Å². The Hall–Kier alpha value is -6.54. The Morgan fingerprint density at radius 1 is 0.807 bits per heavy atom. The van der Waals surface area contributed by atoms with Gasteiger partial charge in [0.15, 0.2) is 6.10 Å². The molecule has 7 amide bonds. The summed E-state index contributed by atoms with van der Waals surface area (Å²) in [6.45, 7) is 19.2. The van der Waals surface area contributed by atoms with E-state index in [1.165, 1.54) is 45.8 Å². The SMILES string of the molecule is C/C=C(\C)[C@H]1OC(=O)[C@@H](C)NC(=O)[C@H](C(C)CC)NC(=O)CN(C)C(=O)[C@@H](Cc2ccccc2)N(C)C(=O)[C@H](C)NC(=O)[C@@H](CC(C)C)OC(=O)/C(C)=C/C[C@H](OC(=O)NCCCOCCOCCOCCCNC(=O)CCSSc2ccccn2)[C@@H]1C. The minimum absolute atomic E-state index is 0.00764. The molecule has 0 fully saturated rings. The van der Waals surface area contributed by atoms with Crippen LogP contribution in [0.2, 0.25) is 0 Å². The zero-order valence-corrected chi connectivity index (χ0v) is 55.1. The highest BCUT2D eigenvalue weighted by atomic mass is 33.1. The number of carbonyl (C=O) groups excluding carboxylic acids is 9. The van der Waals surface area contributed by atoms with Crippen LogP contribution in [0, 0.1) is 17.8 Å². The number of hydrogen-bond donors (Lipinski definition) is 5. The average molecular weight is 1270 g/mol. The summed E-state index contributed by atoms with van der Waals surface area (Å²) < 4.78 is 34.9. The van der Waals surface area contributed by atoms with E-state index in [9.17, 15) is 43.2 Å². The summed E-state index contributed by atoms with van der Waals surface area (Å²) in [5.74, 6) is -5.68. The Balaban J connectivity index is 1.72. The molecular formula is C63H96N8O15S2. The molecule has 23 nitrogen and oxygen atoms in total. The Kier molecular flexibility index (Phi) is 35.8. The number of alkyl carbamates (subject to hydrolysis) is 1. The summed E-state index contributed by atoms with van der Waals surface area (Å²) in [5, 5.41) is 14.7. The molecule has 2 heterocycles. The first kappa shape index (κ1) is 75.7. The molecule has 0 spiro atoms. The number of nitrogens with one attached hydrogen (secondary N) is 5. The number of benzene rings is 1. The molecule has 1 unspecified atom stereocenters. The number of pyridine rings is 1. The Morgan fingerprint density at radius 3 is 2.05 bits per heavy atom. The molecule has 0 saturated carbocycles. The fraction of sp³-hybridized carbons (Fsp3) is 0.619. The molecule has 0 saturated heterocycles. The number of aromatic nitrogens is 1. The van der Waals surface area contributed by atoms with E-state index in [-0.39, 0.29) is 43.2 Å². The first-order valence-electron chi connectivity index (χ1n) is 30.3. The van der Waals surface area contributed by atoms with Crippen molar-refractivity contribution in [2.24, 2.45) is 17.8 Å². The van der Waals surface area contributed by atoms with E-state index in [2.05, 4.69) is 31.6 Å². The van der Waals surface area contributed by atoms with Gasteiger partial charge in [-0.1, -0.05) is 100 Å². The number of rotatable bonds is 27. The van der Waals surface area contributed by atoms with Gasteiger partial charge in [0.05, 0.1) is 33.0 Å². The number of cyclic esters (lactones) is 2. The molecule has 1 aromatic heterocycles. The number of allylic oxidation sites excluding steroid dienone is 1. The van der Waals surface area contributed by atoms with E-state index in [1.807, 2.05) is 45.0 Å². The highest BCUT2D eigenvalue weighted by Crippen LogP contribution is 2.29. The monoisotopic (exact) mass is 1270 g/mol. The molecule has 1 aromatic carbocycles. The van der Waals surface area contributed by atoms with Crippen molar-refractivity contribution in [1.82, 2.24) is 41.4 Å². The number of esters is 2. The lowest BCUT2D eigenvalue weighted by atomic mass is 9.90. The second-order valence-corrected chi connectivity index (χ2v) is 24.7. The van der Waals surface area contributed by atoms with Gasteiger partial charge in [-0.15, -0.1) is 0 Å². The molecule has 25 heteroatoms. The quantitative estimate of drug-likeness (QED) is 0.0221. The predicted octanol–water partition coefficient (Wildman–Crippen LogP) is 6.14. The lowest BCUT2D eigenvalue weighted by Gasteiger charge is -2.33. The molecule has 0 radical (unpaired) electrons. The van der Waals surface area contributed by atoms with Gasteiger partial charge in [-0.25, -0.2) is 19.4 Å². The van der Waals surface area contributed by atoms with Crippen molar-refractivity contribution in [2.75, 3.05) is 79.1 Å². The zero-order chi connectivity index (χ0) is 65.1. The third kappa shape index (κ3) is 28.3. The van der Waals surface area contributed by atoms with Crippen LogP contribution in [0.15, 0.2) is 83.1 Å². The van der Waals surface area contributed by atoms with Gasteiger partial charge in [-0.3, -0.25) is 28.8 Å². The van der Waals surface area contributed by atoms with Gasteiger partial charge in [0.2, 0.25) is 29.5 Å². The number of ether oxygens (including phenoxy) is 6. The maximum absolute atomic E-state index is 14.3. The standard InChI is InChI=1S/C63H96N8O15S2/c1-13-42(5)55-58(75)68-47(10)62(79)86-56(43(6)14-2)45(8)50(85-63(80)66-30-21-32-82-34-36-83-35-33-81-31-20-29-64-52(72)27-37-87-88-54-24-18-19-28-65-54)26-25-44(7)61(78)84-51(38-41(3)4)57(74)67-46(9)59(76)71(12)49(39-48-22-16-15-17-23-48)60(77)70(11)40-53(73)69-55/h14-19,22-25,28,41-42,45-47,49-51,55-56H,13,20-21,26-27,29-40H2,1-12H3,(H,64,72)(H,66,80)(H,67,74)(H,68,75)(H,69,73)/b43-14+,44-25+/t42?,45-,46-,47+,49+,50-,51+,55-,56+/m0/s1. The second-order valence-electron chi connectivity index (χ2n) is 22.2. The lowest BCUT2D eigenvalue weighted by molar-refractivity contribution is -0.155. The maximum Gasteiger partial charge on any atom is 0.407 e. The number of nitrogens with zero attached hydrogens (tertiary/aromatic N) is 3. The fourth-order valence-electron chi connectivity index (χ4n) is 8.90. The number of hydrogen-bond acceptors (Lipinski definition) is 18. The first-order valence-corrected chi connectivity index (χ1v) is 32.6. The van der Waals surface area contributed by atoms with Crippen molar-refractivity contribution < 1.29 is 71.6 Å². The van der Waals surface area contributed by atoms with Gasteiger partial charge in [-0.05, 0) is 99.8 Å². The van der Waals surface area contributed by atoms with E-state index < -0.39 is 108 Å².